The Bertz CT molecular complexity index is 887. The standard InChI is InChI=1S/C18H16N6/c19-15-7-3-5-13(11-15)14-6-4-8-16(12-14)22-24-23-18(20)17-9-1-2-10-21-17/h1-12H,19H2,(H2,20,22,23). The average Bonchev–Trinajstić information content (AvgIpc) is 2.63. The molecule has 0 saturated carbocycles. The number of nitrogens with two attached hydrogens (primary N) is 2. The summed E-state index contributed by atoms with van der Waals surface area (Å²) in [7, 11) is 0. The van der Waals surface area contributed by atoms with Gasteiger partial charge in [-0.2, -0.15) is 0 Å². The van der Waals surface area contributed by atoms with Crippen LogP contribution in [0.3, 0.4) is 0 Å². The van der Waals surface area contributed by atoms with E-state index in [1.54, 1.807) is 18.3 Å². The summed E-state index contributed by atoms with van der Waals surface area (Å²) in [6.07, 6.45) is 1.64. The summed E-state index contributed by atoms with van der Waals surface area (Å²) in [5.74, 6) is 0.214. The zero-order valence-electron chi connectivity index (χ0n) is 12.9. The van der Waals surface area contributed by atoms with Gasteiger partial charge in [0.15, 0.2) is 5.84 Å². The summed E-state index contributed by atoms with van der Waals surface area (Å²) in [6, 6.07) is 20.7. The van der Waals surface area contributed by atoms with Crippen molar-refractivity contribution in [3.8, 4) is 11.1 Å². The Morgan fingerprint density at radius 3 is 2.42 bits per heavy atom. The van der Waals surface area contributed by atoms with Crippen LogP contribution in [-0.4, -0.2) is 10.8 Å². The lowest BCUT2D eigenvalue weighted by Gasteiger charge is -2.03. The first-order valence-electron chi connectivity index (χ1n) is 7.34. The van der Waals surface area contributed by atoms with Gasteiger partial charge in [-0.25, -0.2) is 0 Å². The van der Waals surface area contributed by atoms with Crippen molar-refractivity contribution in [1.29, 1.82) is 0 Å². The van der Waals surface area contributed by atoms with Crippen molar-refractivity contribution in [3.63, 3.8) is 0 Å². The maximum Gasteiger partial charge on any atom is 0.173 e. The summed E-state index contributed by atoms with van der Waals surface area (Å²) in [5.41, 5.74) is 15.6. The van der Waals surface area contributed by atoms with Gasteiger partial charge in [0.2, 0.25) is 0 Å². The molecule has 24 heavy (non-hydrogen) atoms. The molecule has 0 aliphatic heterocycles. The van der Waals surface area contributed by atoms with E-state index in [1.165, 1.54) is 0 Å². The van der Waals surface area contributed by atoms with Crippen molar-refractivity contribution in [2.75, 3.05) is 5.73 Å². The second kappa shape index (κ2) is 7.15. The lowest BCUT2D eigenvalue weighted by Crippen LogP contribution is -2.13. The highest BCUT2D eigenvalue weighted by Crippen LogP contribution is 2.25. The number of hydrogen-bond acceptors (Lipinski definition) is 4. The van der Waals surface area contributed by atoms with E-state index in [1.807, 2.05) is 54.6 Å². The summed E-state index contributed by atoms with van der Waals surface area (Å²) in [6.45, 7) is 0. The normalized spacial score (nSPS) is 11.8. The Hall–Kier alpha value is -3.54. The number of benzene rings is 2. The molecule has 118 valence electrons. The van der Waals surface area contributed by atoms with Crippen molar-refractivity contribution in [2.45, 2.75) is 0 Å². The third-order valence-electron chi connectivity index (χ3n) is 3.31. The van der Waals surface area contributed by atoms with Gasteiger partial charge in [0.25, 0.3) is 0 Å². The molecule has 3 aromatic rings. The molecule has 0 aliphatic carbocycles. The van der Waals surface area contributed by atoms with Gasteiger partial charge in [-0.1, -0.05) is 30.3 Å². The van der Waals surface area contributed by atoms with Crippen LogP contribution in [0.1, 0.15) is 5.69 Å². The summed E-state index contributed by atoms with van der Waals surface area (Å²) >= 11 is 0. The van der Waals surface area contributed by atoms with Crippen LogP contribution in [0.5, 0.6) is 0 Å². The van der Waals surface area contributed by atoms with Gasteiger partial charge in [0.05, 0.1) is 5.69 Å². The third-order valence-corrected chi connectivity index (χ3v) is 3.31. The number of rotatable bonds is 4. The van der Waals surface area contributed by atoms with Gasteiger partial charge >= 0.3 is 0 Å². The molecular weight excluding hydrogens is 300 g/mol. The number of nitrogen functional groups attached to an aromatic ring is 1. The minimum Gasteiger partial charge on any atom is -0.399 e. The summed E-state index contributed by atoms with van der Waals surface area (Å²) < 4.78 is 0. The number of amidine groups is 1. The second-order valence-corrected chi connectivity index (χ2v) is 5.07. The first-order chi connectivity index (χ1) is 11.7. The Balaban J connectivity index is 1.80. The van der Waals surface area contributed by atoms with Crippen LogP contribution in [0, 0.1) is 0 Å². The van der Waals surface area contributed by atoms with E-state index in [2.05, 4.69) is 20.4 Å². The number of hydrogen-bond donors (Lipinski definition) is 2. The Morgan fingerprint density at radius 2 is 1.67 bits per heavy atom. The van der Waals surface area contributed by atoms with Crippen LogP contribution in [0.4, 0.5) is 11.4 Å². The first kappa shape index (κ1) is 15.4. The van der Waals surface area contributed by atoms with Gasteiger partial charge in [0, 0.05) is 11.9 Å². The molecule has 0 bridgehead atoms. The van der Waals surface area contributed by atoms with Crippen LogP contribution >= 0.6 is 0 Å². The molecular formula is C18H16N6. The maximum absolute atomic E-state index is 5.82. The van der Waals surface area contributed by atoms with Crippen LogP contribution < -0.4 is 11.5 Å². The van der Waals surface area contributed by atoms with Crippen molar-refractivity contribution in [2.24, 2.45) is 21.2 Å². The Labute approximate surface area is 139 Å². The molecule has 0 atom stereocenters. The van der Waals surface area contributed by atoms with E-state index >= 15 is 0 Å². The average molecular weight is 316 g/mol. The van der Waals surface area contributed by atoms with E-state index in [0.717, 1.165) is 11.1 Å². The van der Waals surface area contributed by atoms with Crippen molar-refractivity contribution in [3.05, 3.63) is 78.6 Å². The number of nitrogens with zero attached hydrogens (tertiary/aromatic N) is 4. The van der Waals surface area contributed by atoms with Crippen molar-refractivity contribution in [1.82, 2.24) is 4.98 Å². The van der Waals surface area contributed by atoms with E-state index < -0.39 is 0 Å². The number of pyridine rings is 1. The van der Waals surface area contributed by atoms with Gasteiger partial charge in [0.1, 0.15) is 5.69 Å². The zero-order chi connectivity index (χ0) is 16.8. The second-order valence-electron chi connectivity index (χ2n) is 5.07. The van der Waals surface area contributed by atoms with Crippen LogP contribution in [0.2, 0.25) is 0 Å². The fourth-order valence-electron chi connectivity index (χ4n) is 2.15. The molecule has 0 spiro atoms. The van der Waals surface area contributed by atoms with Gasteiger partial charge < -0.3 is 11.5 Å². The number of anilines is 1. The molecule has 6 heteroatoms. The zero-order valence-corrected chi connectivity index (χ0v) is 12.9. The lowest BCUT2D eigenvalue weighted by molar-refractivity contribution is 1.05. The molecule has 0 amide bonds. The highest BCUT2D eigenvalue weighted by Gasteiger charge is 2.00. The maximum atomic E-state index is 5.82. The first-order valence-corrected chi connectivity index (χ1v) is 7.34. The minimum atomic E-state index is 0.214. The van der Waals surface area contributed by atoms with Crippen LogP contribution in [-0.2, 0) is 0 Å². The van der Waals surface area contributed by atoms with Crippen LogP contribution in [0.15, 0.2) is 88.4 Å². The fourth-order valence-corrected chi connectivity index (χ4v) is 2.15. The van der Waals surface area contributed by atoms with E-state index in [4.69, 9.17) is 11.5 Å². The van der Waals surface area contributed by atoms with Gasteiger partial charge in [-0.15, -0.1) is 10.2 Å². The van der Waals surface area contributed by atoms with E-state index in [0.29, 0.717) is 17.1 Å². The highest BCUT2D eigenvalue weighted by atomic mass is 15.4. The lowest BCUT2D eigenvalue weighted by atomic mass is 10.0. The molecule has 6 nitrogen and oxygen atoms in total. The van der Waals surface area contributed by atoms with E-state index in [9.17, 15) is 0 Å². The molecule has 0 aliphatic rings. The number of aromatic nitrogens is 1. The molecule has 0 radical (unpaired) electrons. The van der Waals surface area contributed by atoms with Gasteiger partial charge in [-0.3, -0.25) is 4.98 Å². The van der Waals surface area contributed by atoms with Crippen LogP contribution in [0.25, 0.3) is 11.1 Å². The predicted octanol–water partition coefficient (Wildman–Crippen LogP) is 3.74. The molecule has 1 heterocycles. The van der Waals surface area contributed by atoms with Crippen molar-refractivity contribution >= 4 is 17.2 Å². The molecule has 0 fully saturated rings. The quantitative estimate of drug-likeness (QED) is 0.252. The third kappa shape index (κ3) is 3.80. The molecule has 0 saturated heterocycles. The largest absolute Gasteiger partial charge is 0.399 e. The molecule has 2 aromatic carbocycles. The van der Waals surface area contributed by atoms with Gasteiger partial charge in [-0.05, 0) is 52.7 Å². The topological polar surface area (TPSA) is 102 Å². The SMILES string of the molecule is N/C(=N\N=Nc1cccc(-c2cccc(N)c2)c1)c1ccccn1. The highest BCUT2D eigenvalue weighted by molar-refractivity contribution is 5.95. The molecule has 1 aromatic heterocycles. The van der Waals surface area contributed by atoms with E-state index in [-0.39, 0.29) is 5.84 Å². The smallest absolute Gasteiger partial charge is 0.173 e. The Kier molecular flexibility index (Phi) is 4.57. The molecule has 0 unspecified atom stereocenters. The minimum absolute atomic E-state index is 0.214. The van der Waals surface area contributed by atoms with Crippen molar-refractivity contribution < 1.29 is 0 Å². The fraction of sp³-hybridized carbons (Fsp3) is 0. The predicted molar refractivity (Wildman–Crippen MR) is 95.8 cm³/mol. The summed E-state index contributed by atoms with van der Waals surface area (Å²) in [5, 5.41) is 11.7. The Morgan fingerprint density at radius 1 is 0.875 bits per heavy atom. The monoisotopic (exact) mass is 316 g/mol. The summed E-state index contributed by atoms with van der Waals surface area (Å²) in [4.78, 5) is 4.10. The molecule has 3 rings (SSSR count). The molecule has 4 N–H and O–H groups in total.